The Morgan fingerprint density at radius 3 is 2.52 bits per heavy atom. The standard InChI is InChI=1S/C16H18N4O/c1-4-20(10-13-8-6-5-7-9-13)15-14-16(18-11(2)17-15)21-12(3)19-14/h5-9H,4,10H2,1-3H3. The van der Waals surface area contributed by atoms with E-state index in [1.165, 1.54) is 5.56 Å². The Hall–Kier alpha value is -2.43. The highest BCUT2D eigenvalue weighted by molar-refractivity contribution is 5.82. The molecule has 0 saturated heterocycles. The van der Waals surface area contributed by atoms with Crippen LogP contribution in [0.2, 0.25) is 0 Å². The van der Waals surface area contributed by atoms with Crippen LogP contribution in [-0.2, 0) is 6.54 Å². The molecule has 0 N–H and O–H groups in total. The molecule has 0 radical (unpaired) electrons. The van der Waals surface area contributed by atoms with Crippen LogP contribution in [0.5, 0.6) is 0 Å². The summed E-state index contributed by atoms with van der Waals surface area (Å²) in [6.07, 6.45) is 0. The molecule has 2 heterocycles. The lowest BCUT2D eigenvalue weighted by molar-refractivity contribution is 0.550. The van der Waals surface area contributed by atoms with Gasteiger partial charge < -0.3 is 9.32 Å². The van der Waals surface area contributed by atoms with Crippen LogP contribution in [0.15, 0.2) is 34.7 Å². The van der Waals surface area contributed by atoms with Crippen LogP contribution in [0.1, 0.15) is 24.2 Å². The van der Waals surface area contributed by atoms with Crippen molar-refractivity contribution in [2.75, 3.05) is 11.4 Å². The van der Waals surface area contributed by atoms with Crippen molar-refractivity contribution in [1.29, 1.82) is 0 Å². The van der Waals surface area contributed by atoms with Crippen molar-refractivity contribution in [3.8, 4) is 0 Å². The predicted molar refractivity (Wildman–Crippen MR) is 82.2 cm³/mol. The van der Waals surface area contributed by atoms with Crippen molar-refractivity contribution >= 4 is 17.0 Å². The van der Waals surface area contributed by atoms with Crippen LogP contribution in [0.25, 0.3) is 11.2 Å². The van der Waals surface area contributed by atoms with Gasteiger partial charge in [-0.3, -0.25) is 0 Å². The third-order valence-electron chi connectivity index (χ3n) is 3.36. The number of nitrogens with zero attached hydrogens (tertiary/aromatic N) is 4. The largest absolute Gasteiger partial charge is 0.422 e. The summed E-state index contributed by atoms with van der Waals surface area (Å²) in [6, 6.07) is 10.3. The molecule has 5 heteroatoms. The van der Waals surface area contributed by atoms with E-state index >= 15 is 0 Å². The second kappa shape index (κ2) is 5.52. The van der Waals surface area contributed by atoms with E-state index in [-0.39, 0.29) is 0 Å². The monoisotopic (exact) mass is 282 g/mol. The molecule has 0 fully saturated rings. The van der Waals surface area contributed by atoms with Crippen molar-refractivity contribution in [2.45, 2.75) is 27.3 Å². The van der Waals surface area contributed by atoms with Crippen LogP contribution in [-0.4, -0.2) is 21.5 Å². The van der Waals surface area contributed by atoms with Gasteiger partial charge in [0, 0.05) is 20.0 Å². The summed E-state index contributed by atoms with van der Waals surface area (Å²) < 4.78 is 5.55. The number of oxazole rings is 1. The molecule has 1 aromatic carbocycles. The Bertz CT molecular complexity index is 752. The molecule has 21 heavy (non-hydrogen) atoms. The molecule has 0 amide bonds. The fourth-order valence-electron chi connectivity index (χ4n) is 2.38. The molecule has 2 aromatic heterocycles. The number of aromatic nitrogens is 3. The molecule has 5 nitrogen and oxygen atoms in total. The van der Waals surface area contributed by atoms with Gasteiger partial charge in [0.1, 0.15) is 5.82 Å². The molecular formula is C16H18N4O. The van der Waals surface area contributed by atoms with Gasteiger partial charge in [-0.05, 0) is 19.4 Å². The van der Waals surface area contributed by atoms with E-state index in [0.717, 1.165) is 24.4 Å². The van der Waals surface area contributed by atoms with Gasteiger partial charge >= 0.3 is 0 Å². The Kier molecular flexibility index (Phi) is 3.56. The highest BCUT2D eigenvalue weighted by atomic mass is 16.4. The smallest absolute Gasteiger partial charge is 0.252 e. The van der Waals surface area contributed by atoms with Crippen molar-refractivity contribution in [1.82, 2.24) is 15.0 Å². The second-order valence-corrected chi connectivity index (χ2v) is 4.98. The molecule has 0 spiro atoms. The Balaban J connectivity index is 2.04. The molecule has 0 saturated carbocycles. The topological polar surface area (TPSA) is 55.1 Å². The third kappa shape index (κ3) is 2.72. The Labute approximate surface area is 123 Å². The summed E-state index contributed by atoms with van der Waals surface area (Å²) in [7, 11) is 0. The van der Waals surface area contributed by atoms with E-state index in [2.05, 4.69) is 38.9 Å². The van der Waals surface area contributed by atoms with E-state index in [4.69, 9.17) is 4.42 Å². The van der Waals surface area contributed by atoms with Gasteiger partial charge in [0.05, 0.1) is 0 Å². The van der Waals surface area contributed by atoms with E-state index in [0.29, 0.717) is 17.4 Å². The van der Waals surface area contributed by atoms with Crippen LogP contribution in [0.4, 0.5) is 5.82 Å². The molecule has 3 aromatic rings. The third-order valence-corrected chi connectivity index (χ3v) is 3.36. The molecule has 0 aliphatic carbocycles. The summed E-state index contributed by atoms with van der Waals surface area (Å²) in [5.41, 5.74) is 2.53. The summed E-state index contributed by atoms with van der Waals surface area (Å²) >= 11 is 0. The number of rotatable bonds is 4. The van der Waals surface area contributed by atoms with E-state index in [9.17, 15) is 0 Å². The van der Waals surface area contributed by atoms with Crippen LogP contribution in [0.3, 0.4) is 0 Å². The average Bonchev–Trinajstić information content (AvgIpc) is 2.85. The lowest BCUT2D eigenvalue weighted by Crippen LogP contribution is -2.24. The predicted octanol–water partition coefficient (Wildman–Crippen LogP) is 3.26. The van der Waals surface area contributed by atoms with Crippen molar-refractivity contribution in [3.05, 3.63) is 47.6 Å². The summed E-state index contributed by atoms with van der Waals surface area (Å²) in [4.78, 5) is 15.5. The van der Waals surface area contributed by atoms with Gasteiger partial charge in [-0.25, -0.2) is 9.97 Å². The zero-order valence-corrected chi connectivity index (χ0v) is 12.5. The minimum Gasteiger partial charge on any atom is -0.422 e. The zero-order chi connectivity index (χ0) is 14.8. The molecule has 0 bridgehead atoms. The molecule has 0 atom stereocenters. The average molecular weight is 282 g/mol. The first-order chi connectivity index (χ1) is 10.2. The summed E-state index contributed by atoms with van der Waals surface area (Å²) in [6.45, 7) is 7.44. The van der Waals surface area contributed by atoms with Gasteiger partial charge in [-0.15, -0.1) is 0 Å². The first-order valence-corrected chi connectivity index (χ1v) is 7.08. The maximum absolute atomic E-state index is 5.55. The SMILES string of the molecule is CCN(Cc1ccccc1)c1nc(C)nc2oc(C)nc12. The number of hydrogen-bond donors (Lipinski definition) is 0. The minimum atomic E-state index is 0.557. The molecule has 0 aliphatic heterocycles. The van der Waals surface area contributed by atoms with Crippen molar-refractivity contribution < 1.29 is 4.42 Å². The summed E-state index contributed by atoms with van der Waals surface area (Å²) in [5, 5.41) is 0. The fraction of sp³-hybridized carbons (Fsp3) is 0.312. The van der Waals surface area contributed by atoms with E-state index < -0.39 is 0 Å². The first kappa shape index (κ1) is 13.5. The normalized spacial score (nSPS) is 11.0. The van der Waals surface area contributed by atoms with Crippen molar-refractivity contribution in [2.24, 2.45) is 0 Å². The minimum absolute atomic E-state index is 0.557. The molecule has 108 valence electrons. The van der Waals surface area contributed by atoms with Crippen LogP contribution >= 0.6 is 0 Å². The highest BCUT2D eigenvalue weighted by Gasteiger charge is 2.17. The maximum Gasteiger partial charge on any atom is 0.252 e. The lowest BCUT2D eigenvalue weighted by Gasteiger charge is -2.22. The van der Waals surface area contributed by atoms with Gasteiger partial charge in [-0.2, -0.15) is 4.98 Å². The molecule has 0 aliphatic rings. The number of benzene rings is 1. The quantitative estimate of drug-likeness (QED) is 0.735. The Morgan fingerprint density at radius 2 is 1.81 bits per heavy atom. The second-order valence-electron chi connectivity index (χ2n) is 4.98. The number of hydrogen-bond acceptors (Lipinski definition) is 5. The number of anilines is 1. The number of fused-ring (bicyclic) bond motifs is 1. The van der Waals surface area contributed by atoms with E-state index in [1.54, 1.807) is 0 Å². The molecule has 0 unspecified atom stereocenters. The fourth-order valence-corrected chi connectivity index (χ4v) is 2.38. The van der Waals surface area contributed by atoms with Crippen molar-refractivity contribution in [3.63, 3.8) is 0 Å². The first-order valence-electron chi connectivity index (χ1n) is 7.08. The van der Waals surface area contributed by atoms with Crippen LogP contribution in [0, 0.1) is 13.8 Å². The maximum atomic E-state index is 5.55. The highest BCUT2D eigenvalue weighted by Crippen LogP contribution is 2.25. The van der Waals surface area contributed by atoms with Gasteiger partial charge in [0.2, 0.25) is 0 Å². The Morgan fingerprint density at radius 1 is 1.05 bits per heavy atom. The lowest BCUT2D eigenvalue weighted by atomic mass is 10.2. The van der Waals surface area contributed by atoms with Crippen LogP contribution < -0.4 is 4.90 Å². The van der Waals surface area contributed by atoms with Gasteiger partial charge in [0.15, 0.2) is 17.2 Å². The van der Waals surface area contributed by atoms with Gasteiger partial charge in [0.25, 0.3) is 5.71 Å². The molecule has 3 rings (SSSR count). The van der Waals surface area contributed by atoms with E-state index in [1.807, 2.05) is 32.0 Å². The number of aryl methyl sites for hydroxylation is 2. The zero-order valence-electron chi connectivity index (χ0n) is 12.5. The van der Waals surface area contributed by atoms with Gasteiger partial charge in [-0.1, -0.05) is 30.3 Å². The molecular weight excluding hydrogens is 264 g/mol. The summed E-state index contributed by atoms with van der Waals surface area (Å²) in [5.74, 6) is 2.14.